The second-order valence-corrected chi connectivity index (χ2v) is 6.15. The van der Waals surface area contributed by atoms with Gasteiger partial charge < -0.3 is 10.6 Å². The van der Waals surface area contributed by atoms with Crippen molar-refractivity contribution in [1.82, 2.24) is 5.32 Å². The molecule has 3 rings (SSSR count). The number of amides is 1. The van der Waals surface area contributed by atoms with Gasteiger partial charge in [0.15, 0.2) is 0 Å². The number of carbonyl (C=O) groups is 1. The summed E-state index contributed by atoms with van der Waals surface area (Å²) in [4.78, 5) is 12.7. The first-order valence-corrected chi connectivity index (χ1v) is 7.40. The smallest absolute Gasteiger partial charge is 0.232 e. The van der Waals surface area contributed by atoms with Gasteiger partial charge in [0.05, 0.1) is 5.41 Å². The topological polar surface area (TPSA) is 41.1 Å². The van der Waals surface area contributed by atoms with E-state index in [1.807, 2.05) is 0 Å². The normalized spacial score (nSPS) is 29.0. The zero-order valence-electron chi connectivity index (χ0n) is 11.8. The lowest BCUT2D eigenvalue weighted by Gasteiger charge is -2.37. The summed E-state index contributed by atoms with van der Waals surface area (Å²) in [6.45, 7) is 3.42. The van der Waals surface area contributed by atoms with Gasteiger partial charge in [-0.1, -0.05) is 12.8 Å². The third-order valence-corrected chi connectivity index (χ3v) is 4.91. The van der Waals surface area contributed by atoms with Crippen LogP contribution >= 0.6 is 0 Å². The van der Waals surface area contributed by atoms with E-state index < -0.39 is 0 Å². The fraction of sp³-hybridized carbons (Fsp3) is 0.562. The highest BCUT2D eigenvalue weighted by atomic mass is 19.1. The first-order chi connectivity index (χ1) is 9.62. The molecule has 4 heteroatoms. The highest BCUT2D eigenvalue weighted by Crippen LogP contribution is 2.44. The van der Waals surface area contributed by atoms with Crippen LogP contribution in [0.4, 0.5) is 10.1 Å². The zero-order chi connectivity index (χ0) is 14.2. The standard InChI is InChI=1S/C16H21FN2O/c1-11-8-13(5-6-14(11)17)19-15(20)16-7-3-2-4-12(16)9-18-10-16/h5-6,8,12,18H,2-4,7,9-10H2,1H3,(H,19,20)/t12-,16+/m0/s1. The predicted octanol–water partition coefficient (Wildman–Crippen LogP) is 2.85. The number of fused-ring (bicyclic) bond motifs is 1. The summed E-state index contributed by atoms with van der Waals surface area (Å²) in [6, 6.07) is 4.75. The minimum absolute atomic E-state index is 0.0956. The van der Waals surface area contributed by atoms with E-state index in [-0.39, 0.29) is 17.1 Å². The molecule has 0 unspecified atom stereocenters. The van der Waals surface area contributed by atoms with Crippen LogP contribution in [-0.2, 0) is 4.79 Å². The molecule has 0 radical (unpaired) electrons. The third-order valence-electron chi connectivity index (χ3n) is 4.91. The SMILES string of the molecule is Cc1cc(NC(=O)[C@@]23CCCC[C@H]2CNC3)ccc1F. The minimum Gasteiger partial charge on any atom is -0.326 e. The molecule has 0 aromatic heterocycles. The van der Waals surface area contributed by atoms with Crippen LogP contribution < -0.4 is 10.6 Å². The van der Waals surface area contributed by atoms with Crippen LogP contribution in [0.5, 0.6) is 0 Å². The predicted molar refractivity (Wildman–Crippen MR) is 77.0 cm³/mol. The summed E-state index contributed by atoms with van der Waals surface area (Å²) in [5.41, 5.74) is 0.991. The van der Waals surface area contributed by atoms with Crippen LogP contribution in [0, 0.1) is 24.1 Å². The Morgan fingerprint density at radius 3 is 3.10 bits per heavy atom. The number of carbonyl (C=O) groups excluding carboxylic acids is 1. The van der Waals surface area contributed by atoms with Gasteiger partial charge in [0.1, 0.15) is 5.82 Å². The Balaban J connectivity index is 1.79. The Bertz CT molecular complexity index is 531. The second kappa shape index (κ2) is 5.17. The molecule has 20 heavy (non-hydrogen) atoms. The molecule has 3 nitrogen and oxygen atoms in total. The summed E-state index contributed by atoms with van der Waals surface area (Å²) in [7, 11) is 0. The van der Waals surface area contributed by atoms with Gasteiger partial charge in [-0.3, -0.25) is 4.79 Å². The van der Waals surface area contributed by atoms with Gasteiger partial charge in [-0.2, -0.15) is 0 Å². The van der Waals surface area contributed by atoms with Crippen molar-refractivity contribution in [2.45, 2.75) is 32.6 Å². The number of rotatable bonds is 2. The fourth-order valence-corrected chi connectivity index (χ4v) is 3.67. The van der Waals surface area contributed by atoms with E-state index in [2.05, 4.69) is 10.6 Å². The fourth-order valence-electron chi connectivity index (χ4n) is 3.67. The monoisotopic (exact) mass is 276 g/mol. The quantitative estimate of drug-likeness (QED) is 0.872. The number of hydrogen-bond acceptors (Lipinski definition) is 2. The summed E-state index contributed by atoms with van der Waals surface area (Å²) in [5.74, 6) is 0.301. The Morgan fingerprint density at radius 1 is 1.45 bits per heavy atom. The Hall–Kier alpha value is -1.42. The second-order valence-electron chi connectivity index (χ2n) is 6.15. The molecule has 1 aliphatic carbocycles. The average molecular weight is 276 g/mol. The molecule has 1 amide bonds. The molecule has 0 spiro atoms. The van der Waals surface area contributed by atoms with Gasteiger partial charge in [-0.25, -0.2) is 4.39 Å². The van der Waals surface area contributed by atoms with Gasteiger partial charge in [0.25, 0.3) is 0 Å². The summed E-state index contributed by atoms with van der Waals surface area (Å²) in [5, 5.41) is 6.37. The van der Waals surface area contributed by atoms with Crippen LogP contribution in [0.2, 0.25) is 0 Å². The van der Waals surface area contributed by atoms with E-state index in [0.29, 0.717) is 17.2 Å². The minimum atomic E-state index is -0.263. The van der Waals surface area contributed by atoms with E-state index in [1.165, 1.54) is 12.5 Å². The zero-order valence-corrected chi connectivity index (χ0v) is 11.8. The van der Waals surface area contributed by atoms with Crippen molar-refractivity contribution < 1.29 is 9.18 Å². The molecule has 1 aromatic rings. The highest BCUT2D eigenvalue weighted by molar-refractivity contribution is 5.96. The van der Waals surface area contributed by atoms with Gasteiger partial charge >= 0.3 is 0 Å². The van der Waals surface area contributed by atoms with Crippen LogP contribution in [-0.4, -0.2) is 19.0 Å². The van der Waals surface area contributed by atoms with Crippen molar-refractivity contribution in [3.05, 3.63) is 29.6 Å². The van der Waals surface area contributed by atoms with Crippen LogP contribution in [0.25, 0.3) is 0 Å². The number of halogens is 1. The largest absolute Gasteiger partial charge is 0.326 e. The highest BCUT2D eigenvalue weighted by Gasteiger charge is 2.49. The van der Waals surface area contributed by atoms with Crippen molar-refractivity contribution in [2.24, 2.45) is 11.3 Å². The number of nitrogens with one attached hydrogen (secondary N) is 2. The van der Waals surface area contributed by atoms with Gasteiger partial charge in [-0.05, 0) is 56.0 Å². The van der Waals surface area contributed by atoms with E-state index in [4.69, 9.17) is 0 Å². The molecular weight excluding hydrogens is 255 g/mol. The molecule has 1 aromatic carbocycles. The van der Waals surface area contributed by atoms with Crippen LogP contribution in [0.3, 0.4) is 0 Å². The molecule has 1 aliphatic heterocycles. The molecule has 2 fully saturated rings. The van der Waals surface area contributed by atoms with Crippen LogP contribution in [0.1, 0.15) is 31.2 Å². The first kappa shape index (κ1) is 13.6. The first-order valence-electron chi connectivity index (χ1n) is 7.40. The van der Waals surface area contributed by atoms with Crippen molar-refractivity contribution in [3.8, 4) is 0 Å². The van der Waals surface area contributed by atoms with Crippen molar-refractivity contribution in [1.29, 1.82) is 0 Å². The molecule has 1 saturated heterocycles. The lowest BCUT2D eigenvalue weighted by Crippen LogP contribution is -2.44. The van der Waals surface area contributed by atoms with Gasteiger partial charge in [0, 0.05) is 12.2 Å². The molecule has 2 aliphatic rings. The molecular formula is C16H21FN2O. The Kier molecular flexibility index (Phi) is 3.50. The molecule has 2 atom stereocenters. The Labute approximate surface area is 118 Å². The number of aryl methyl sites for hydroxylation is 1. The Morgan fingerprint density at radius 2 is 2.30 bits per heavy atom. The van der Waals surface area contributed by atoms with E-state index in [1.54, 1.807) is 19.1 Å². The molecule has 2 N–H and O–H groups in total. The maximum Gasteiger partial charge on any atom is 0.232 e. The maximum atomic E-state index is 13.3. The van der Waals surface area contributed by atoms with E-state index >= 15 is 0 Å². The lowest BCUT2D eigenvalue weighted by atomic mass is 9.67. The third kappa shape index (κ3) is 2.22. The number of benzene rings is 1. The van der Waals surface area contributed by atoms with E-state index in [0.717, 1.165) is 32.4 Å². The molecule has 1 heterocycles. The average Bonchev–Trinajstić information content (AvgIpc) is 2.88. The number of anilines is 1. The summed E-state index contributed by atoms with van der Waals surface area (Å²) in [6.07, 6.45) is 4.42. The van der Waals surface area contributed by atoms with Crippen LogP contribution in [0.15, 0.2) is 18.2 Å². The number of hydrogen-bond donors (Lipinski definition) is 2. The van der Waals surface area contributed by atoms with Crippen molar-refractivity contribution in [2.75, 3.05) is 18.4 Å². The molecule has 0 bridgehead atoms. The lowest BCUT2D eigenvalue weighted by molar-refractivity contribution is -0.128. The van der Waals surface area contributed by atoms with Crippen molar-refractivity contribution >= 4 is 11.6 Å². The molecule has 108 valence electrons. The van der Waals surface area contributed by atoms with E-state index in [9.17, 15) is 9.18 Å². The summed E-state index contributed by atoms with van der Waals surface area (Å²) >= 11 is 0. The van der Waals surface area contributed by atoms with Gasteiger partial charge in [-0.15, -0.1) is 0 Å². The summed E-state index contributed by atoms with van der Waals surface area (Å²) < 4.78 is 13.3. The maximum absolute atomic E-state index is 13.3. The molecule has 1 saturated carbocycles. The van der Waals surface area contributed by atoms with Gasteiger partial charge in [0.2, 0.25) is 5.91 Å². The van der Waals surface area contributed by atoms with Crippen molar-refractivity contribution in [3.63, 3.8) is 0 Å².